The number of phenols is 1. The highest BCUT2D eigenvalue weighted by Gasteiger charge is 2.30. The van der Waals surface area contributed by atoms with Gasteiger partial charge >= 0.3 is 0 Å². The molecule has 2 aliphatic rings. The second-order valence-electron chi connectivity index (χ2n) is 10.0. The average molecular weight is 504 g/mol. The Kier molecular flexibility index (Phi) is 7.27. The quantitative estimate of drug-likeness (QED) is 0.360. The number of rotatable bonds is 7. The number of hydrogen-bond donors (Lipinski definition) is 1. The topological polar surface area (TPSA) is 41.9 Å². The van der Waals surface area contributed by atoms with Gasteiger partial charge in [-0.15, -0.1) is 0 Å². The highest BCUT2D eigenvalue weighted by Crippen LogP contribution is 2.47. The maximum absolute atomic E-state index is 10.1. The molecule has 0 aromatic heterocycles. The zero-order chi connectivity index (χ0) is 25.2. The van der Waals surface area contributed by atoms with E-state index in [4.69, 9.17) is 21.1 Å². The van der Waals surface area contributed by atoms with Crippen LogP contribution in [0.3, 0.4) is 0 Å². The first kappa shape index (κ1) is 24.7. The molecule has 1 saturated heterocycles. The standard InChI is InChI=1S/C31H34ClNO3/c1-4-22-14-15-33(18-22)20(2)19-35-27-11-8-23(9-12-27)31-30(24-6-5-7-25(32)16-24)21(3)28-17-26(34)10-13-29(28)36-31/h5-13,16-17,20,22,31,34H,4,14-15,18-19H2,1-3H3/t20-,22+,31?/m0/s1. The first-order chi connectivity index (χ1) is 17.4. The molecule has 0 aliphatic carbocycles. The molecule has 0 amide bonds. The fourth-order valence-corrected chi connectivity index (χ4v) is 5.55. The summed E-state index contributed by atoms with van der Waals surface area (Å²) < 4.78 is 12.7. The van der Waals surface area contributed by atoms with E-state index in [2.05, 4.69) is 43.9 Å². The van der Waals surface area contributed by atoms with E-state index in [9.17, 15) is 5.11 Å². The van der Waals surface area contributed by atoms with E-state index in [0.717, 1.165) is 51.8 Å². The molecule has 36 heavy (non-hydrogen) atoms. The SMILES string of the molecule is CC[C@@H]1CCN([C@@H](C)COc2ccc(C3Oc4ccc(O)cc4C(C)=C3c3cccc(Cl)c3)cc2)C1. The lowest BCUT2D eigenvalue weighted by Gasteiger charge is -2.31. The van der Waals surface area contributed by atoms with Gasteiger partial charge in [-0.05, 0) is 91.9 Å². The molecule has 0 radical (unpaired) electrons. The molecule has 3 aromatic rings. The molecule has 0 spiro atoms. The fraction of sp³-hybridized carbons (Fsp3) is 0.355. The van der Waals surface area contributed by atoms with Crippen LogP contribution in [0.1, 0.15) is 56.4 Å². The molecule has 2 heterocycles. The summed E-state index contributed by atoms with van der Waals surface area (Å²) in [6.07, 6.45) is 2.25. The van der Waals surface area contributed by atoms with Crippen LogP contribution >= 0.6 is 11.6 Å². The van der Waals surface area contributed by atoms with E-state index in [1.54, 1.807) is 12.1 Å². The highest BCUT2D eigenvalue weighted by atomic mass is 35.5. The maximum atomic E-state index is 10.1. The normalized spacial score (nSPS) is 20.7. The van der Waals surface area contributed by atoms with Gasteiger partial charge < -0.3 is 14.6 Å². The summed E-state index contributed by atoms with van der Waals surface area (Å²) in [6, 6.07) is 21.7. The van der Waals surface area contributed by atoms with Crippen LogP contribution in [0.25, 0.3) is 11.1 Å². The molecule has 188 valence electrons. The predicted octanol–water partition coefficient (Wildman–Crippen LogP) is 7.61. The number of likely N-dealkylation sites (tertiary alicyclic amines) is 1. The van der Waals surface area contributed by atoms with E-state index >= 15 is 0 Å². The van der Waals surface area contributed by atoms with Gasteiger partial charge in [0.1, 0.15) is 30.0 Å². The number of fused-ring (bicyclic) bond motifs is 1. The summed E-state index contributed by atoms with van der Waals surface area (Å²) in [6.45, 7) is 9.63. The summed E-state index contributed by atoms with van der Waals surface area (Å²) in [5, 5.41) is 10.8. The Morgan fingerprint density at radius 1 is 1.11 bits per heavy atom. The Hall–Kier alpha value is -2.95. The summed E-state index contributed by atoms with van der Waals surface area (Å²) in [5.74, 6) is 2.66. The number of hydrogen-bond acceptors (Lipinski definition) is 4. The zero-order valence-electron chi connectivity index (χ0n) is 21.2. The van der Waals surface area contributed by atoms with Crippen molar-refractivity contribution in [2.24, 2.45) is 5.92 Å². The molecule has 5 heteroatoms. The summed E-state index contributed by atoms with van der Waals surface area (Å²) in [5.41, 5.74) is 5.03. The smallest absolute Gasteiger partial charge is 0.150 e. The van der Waals surface area contributed by atoms with Gasteiger partial charge in [0.25, 0.3) is 0 Å². The highest BCUT2D eigenvalue weighted by molar-refractivity contribution is 6.30. The molecule has 1 N–H and O–H groups in total. The Labute approximate surface area is 219 Å². The van der Waals surface area contributed by atoms with Crippen LogP contribution in [0.15, 0.2) is 66.7 Å². The summed E-state index contributed by atoms with van der Waals surface area (Å²) >= 11 is 6.35. The first-order valence-corrected chi connectivity index (χ1v) is 13.2. The van der Waals surface area contributed by atoms with Crippen LogP contribution in [0.2, 0.25) is 5.02 Å². The molecule has 0 saturated carbocycles. The lowest BCUT2D eigenvalue weighted by Crippen LogP contribution is -2.35. The molecule has 3 aromatic carbocycles. The monoisotopic (exact) mass is 503 g/mol. The van der Waals surface area contributed by atoms with E-state index in [1.807, 2.05) is 36.4 Å². The third-order valence-corrected chi connectivity index (χ3v) is 7.84. The molecule has 3 atom stereocenters. The van der Waals surface area contributed by atoms with Crippen LogP contribution in [-0.2, 0) is 0 Å². The second kappa shape index (κ2) is 10.6. The number of benzene rings is 3. The Bertz CT molecular complexity index is 1250. The van der Waals surface area contributed by atoms with E-state index < -0.39 is 0 Å². The van der Waals surface area contributed by atoms with Crippen molar-refractivity contribution in [3.63, 3.8) is 0 Å². The lowest BCUT2D eigenvalue weighted by molar-refractivity contribution is 0.168. The fourth-order valence-electron chi connectivity index (χ4n) is 5.36. The van der Waals surface area contributed by atoms with Gasteiger partial charge in [0.05, 0.1) is 0 Å². The maximum Gasteiger partial charge on any atom is 0.150 e. The van der Waals surface area contributed by atoms with E-state index in [0.29, 0.717) is 17.7 Å². The van der Waals surface area contributed by atoms with Gasteiger partial charge in [0, 0.05) is 28.7 Å². The van der Waals surface area contributed by atoms with Gasteiger partial charge in [-0.3, -0.25) is 4.90 Å². The van der Waals surface area contributed by atoms with Crippen LogP contribution in [0, 0.1) is 5.92 Å². The minimum atomic E-state index is -0.302. The number of allylic oxidation sites excluding steroid dienone is 1. The van der Waals surface area contributed by atoms with Gasteiger partial charge in [-0.2, -0.15) is 0 Å². The Morgan fingerprint density at radius 2 is 1.92 bits per heavy atom. The molecular weight excluding hydrogens is 470 g/mol. The van der Waals surface area contributed by atoms with Crippen molar-refractivity contribution in [3.8, 4) is 17.2 Å². The van der Waals surface area contributed by atoms with E-state index in [-0.39, 0.29) is 11.9 Å². The molecule has 2 aliphatic heterocycles. The van der Waals surface area contributed by atoms with Crippen molar-refractivity contribution in [2.45, 2.75) is 45.8 Å². The minimum Gasteiger partial charge on any atom is -0.508 e. The van der Waals surface area contributed by atoms with Gasteiger partial charge in [0.15, 0.2) is 0 Å². The molecule has 0 bridgehead atoms. The molecule has 5 rings (SSSR count). The lowest BCUT2D eigenvalue weighted by atomic mass is 9.86. The van der Waals surface area contributed by atoms with Crippen molar-refractivity contribution in [3.05, 3.63) is 88.4 Å². The molecule has 1 unspecified atom stereocenters. The summed E-state index contributed by atoms with van der Waals surface area (Å²) in [4.78, 5) is 2.54. The Morgan fingerprint density at radius 3 is 2.64 bits per heavy atom. The zero-order valence-corrected chi connectivity index (χ0v) is 22.0. The van der Waals surface area contributed by atoms with Crippen LogP contribution in [-0.4, -0.2) is 35.7 Å². The number of phenolic OH excluding ortho intramolecular Hbond substituents is 1. The number of aromatic hydroxyl groups is 1. The van der Waals surface area contributed by atoms with Crippen LogP contribution in [0.5, 0.6) is 17.2 Å². The van der Waals surface area contributed by atoms with Crippen molar-refractivity contribution in [2.75, 3.05) is 19.7 Å². The van der Waals surface area contributed by atoms with Crippen molar-refractivity contribution < 1.29 is 14.6 Å². The van der Waals surface area contributed by atoms with Gasteiger partial charge in [0.2, 0.25) is 0 Å². The number of halogens is 1. The van der Waals surface area contributed by atoms with Gasteiger partial charge in [-0.1, -0.05) is 49.2 Å². The third-order valence-electron chi connectivity index (χ3n) is 7.61. The van der Waals surface area contributed by atoms with E-state index in [1.165, 1.54) is 19.4 Å². The number of ether oxygens (including phenoxy) is 2. The largest absolute Gasteiger partial charge is 0.508 e. The van der Waals surface area contributed by atoms with Crippen LogP contribution in [0.4, 0.5) is 0 Å². The second-order valence-corrected chi connectivity index (χ2v) is 10.5. The first-order valence-electron chi connectivity index (χ1n) is 12.9. The van der Waals surface area contributed by atoms with Crippen molar-refractivity contribution in [1.82, 2.24) is 4.90 Å². The van der Waals surface area contributed by atoms with Crippen LogP contribution < -0.4 is 9.47 Å². The van der Waals surface area contributed by atoms with Crippen molar-refractivity contribution in [1.29, 1.82) is 0 Å². The molecule has 4 nitrogen and oxygen atoms in total. The third kappa shape index (κ3) is 5.11. The average Bonchev–Trinajstić information content (AvgIpc) is 3.37. The van der Waals surface area contributed by atoms with Gasteiger partial charge in [-0.25, -0.2) is 0 Å². The molecule has 1 fully saturated rings. The molecular formula is C31H34ClNO3. The Balaban J connectivity index is 1.38. The summed E-state index contributed by atoms with van der Waals surface area (Å²) in [7, 11) is 0. The number of nitrogens with zero attached hydrogens (tertiary/aromatic N) is 1. The minimum absolute atomic E-state index is 0.218. The predicted molar refractivity (Wildman–Crippen MR) is 147 cm³/mol. The van der Waals surface area contributed by atoms with Crippen molar-refractivity contribution >= 4 is 22.7 Å².